The molecule has 0 saturated heterocycles. The Kier molecular flexibility index (Phi) is 3.99. The molecule has 0 saturated carbocycles. The molecule has 1 atom stereocenters. The number of hydrogen-bond acceptors (Lipinski definition) is 4. The first kappa shape index (κ1) is 13.1. The van der Waals surface area contributed by atoms with Crippen molar-refractivity contribution in [1.82, 2.24) is 0 Å². The van der Waals surface area contributed by atoms with Crippen LogP contribution in [0.15, 0.2) is 30.3 Å². The molecule has 3 N–H and O–H groups in total. The fourth-order valence-corrected chi connectivity index (χ4v) is 2.73. The van der Waals surface area contributed by atoms with Gasteiger partial charge < -0.3 is 15.8 Å². The Labute approximate surface area is 116 Å². The summed E-state index contributed by atoms with van der Waals surface area (Å²) >= 11 is 7.49. The first-order chi connectivity index (χ1) is 8.60. The fourth-order valence-electron chi connectivity index (χ4n) is 1.66. The molecule has 5 heteroatoms. The van der Waals surface area contributed by atoms with E-state index >= 15 is 0 Å². The SMILES string of the molecule is COc1ccc(NC(C)c2ccc(Cl)s2)c(N)c1. The van der Waals surface area contributed by atoms with Crippen molar-refractivity contribution in [3.63, 3.8) is 0 Å². The number of thiophene rings is 1. The highest BCUT2D eigenvalue weighted by Crippen LogP contribution is 2.31. The van der Waals surface area contributed by atoms with Gasteiger partial charge in [-0.1, -0.05) is 11.6 Å². The van der Waals surface area contributed by atoms with Crippen LogP contribution in [0.1, 0.15) is 17.8 Å². The molecule has 0 aliphatic carbocycles. The van der Waals surface area contributed by atoms with Gasteiger partial charge in [0.1, 0.15) is 5.75 Å². The highest BCUT2D eigenvalue weighted by atomic mass is 35.5. The molecule has 3 nitrogen and oxygen atoms in total. The summed E-state index contributed by atoms with van der Waals surface area (Å²) in [5.41, 5.74) is 7.53. The average Bonchev–Trinajstić information content (AvgIpc) is 2.78. The minimum absolute atomic E-state index is 0.165. The van der Waals surface area contributed by atoms with Crippen molar-refractivity contribution in [2.75, 3.05) is 18.2 Å². The Balaban J connectivity index is 2.14. The number of anilines is 2. The number of nitrogens with two attached hydrogens (primary N) is 1. The largest absolute Gasteiger partial charge is 0.497 e. The lowest BCUT2D eigenvalue weighted by atomic mass is 10.2. The lowest BCUT2D eigenvalue weighted by molar-refractivity contribution is 0.415. The number of hydrogen-bond donors (Lipinski definition) is 2. The Hall–Kier alpha value is -1.39. The van der Waals surface area contributed by atoms with Crippen LogP contribution in [0.4, 0.5) is 11.4 Å². The van der Waals surface area contributed by atoms with Crippen molar-refractivity contribution in [1.29, 1.82) is 0 Å². The van der Waals surface area contributed by atoms with Crippen molar-refractivity contribution in [2.24, 2.45) is 0 Å². The van der Waals surface area contributed by atoms with Crippen molar-refractivity contribution >= 4 is 34.3 Å². The molecule has 2 aromatic rings. The van der Waals surface area contributed by atoms with E-state index in [1.54, 1.807) is 24.5 Å². The van der Waals surface area contributed by atoms with E-state index in [1.807, 2.05) is 24.3 Å². The second-order valence-corrected chi connectivity index (χ2v) is 5.71. The topological polar surface area (TPSA) is 47.3 Å². The Morgan fingerprint density at radius 1 is 1.33 bits per heavy atom. The standard InChI is InChI=1S/C13H15ClN2OS/c1-8(12-5-6-13(14)18-12)16-11-4-3-9(17-2)7-10(11)15/h3-8,16H,15H2,1-2H3. The number of nitrogen functional groups attached to an aromatic ring is 1. The number of nitrogens with one attached hydrogen (secondary N) is 1. The van der Waals surface area contributed by atoms with Gasteiger partial charge in [-0.15, -0.1) is 11.3 Å². The second kappa shape index (κ2) is 5.50. The van der Waals surface area contributed by atoms with Gasteiger partial charge in [0, 0.05) is 10.9 Å². The van der Waals surface area contributed by atoms with Gasteiger partial charge in [0.05, 0.1) is 28.9 Å². The third-order valence-corrected chi connectivity index (χ3v) is 4.07. The number of benzene rings is 1. The summed E-state index contributed by atoms with van der Waals surface area (Å²) in [5, 5.41) is 3.36. The lowest BCUT2D eigenvalue weighted by Gasteiger charge is -2.16. The second-order valence-electron chi connectivity index (χ2n) is 3.96. The molecule has 0 fully saturated rings. The maximum Gasteiger partial charge on any atom is 0.121 e. The molecule has 1 unspecified atom stereocenters. The summed E-state index contributed by atoms with van der Waals surface area (Å²) in [6, 6.07) is 9.68. The monoisotopic (exact) mass is 282 g/mol. The quantitative estimate of drug-likeness (QED) is 0.828. The Morgan fingerprint density at radius 2 is 2.11 bits per heavy atom. The summed E-state index contributed by atoms with van der Waals surface area (Å²) in [6.45, 7) is 2.08. The van der Waals surface area contributed by atoms with Crippen LogP contribution < -0.4 is 15.8 Å². The highest BCUT2D eigenvalue weighted by molar-refractivity contribution is 7.16. The van der Waals surface area contributed by atoms with Crippen molar-refractivity contribution in [2.45, 2.75) is 13.0 Å². The zero-order valence-corrected chi connectivity index (χ0v) is 11.8. The molecule has 1 heterocycles. The van der Waals surface area contributed by atoms with E-state index in [0.29, 0.717) is 5.69 Å². The minimum atomic E-state index is 0.165. The molecule has 96 valence electrons. The fraction of sp³-hybridized carbons (Fsp3) is 0.231. The molecule has 0 aliphatic rings. The van der Waals surface area contributed by atoms with Crippen molar-refractivity contribution in [3.05, 3.63) is 39.5 Å². The smallest absolute Gasteiger partial charge is 0.121 e. The van der Waals surface area contributed by atoms with E-state index in [-0.39, 0.29) is 6.04 Å². The first-order valence-corrected chi connectivity index (χ1v) is 6.75. The summed E-state index contributed by atoms with van der Waals surface area (Å²) in [5.74, 6) is 0.755. The summed E-state index contributed by atoms with van der Waals surface area (Å²) in [4.78, 5) is 1.18. The predicted octanol–water partition coefficient (Wildman–Crippen LogP) is 4.17. The van der Waals surface area contributed by atoms with E-state index < -0.39 is 0 Å². The third-order valence-electron chi connectivity index (χ3n) is 2.65. The maximum absolute atomic E-state index is 5.96. The average molecular weight is 283 g/mol. The molecule has 0 radical (unpaired) electrons. The molecule has 1 aromatic heterocycles. The van der Waals surface area contributed by atoms with E-state index in [2.05, 4.69) is 12.2 Å². The molecule has 0 bridgehead atoms. The predicted molar refractivity (Wildman–Crippen MR) is 78.8 cm³/mol. The van der Waals surface area contributed by atoms with Gasteiger partial charge in [-0.3, -0.25) is 0 Å². The van der Waals surface area contributed by atoms with Crippen LogP contribution in [-0.2, 0) is 0 Å². The number of rotatable bonds is 4. The molecule has 0 aliphatic heterocycles. The first-order valence-electron chi connectivity index (χ1n) is 5.55. The van der Waals surface area contributed by atoms with Crippen LogP contribution >= 0.6 is 22.9 Å². The number of ether oxygens (including phenoxy) is 1. The van der Waals surface area contributed by atoms with Crippen LogP contribution in [0.3, 0.4) is 0 Å². The van der Waals surface area contributed by atoms with Crippen LogP contribution in [0, 0.1) is 0 Å². The normalized spacial score (nSPS) is 12.2. The van der Waals surface area contributed by atoms with E-state index in [9.17, 15) is 0 Å². The van der Waals surface area contributed by atoms with Gasteiger partial charge >= 0.3 is 0 Å². The summed E-state index contributed by atoms with van der Waals surface area (Å²) in [6.07, 6.45) is 0. The van der Waals surface area contributed by atoms with Gasteiger partial charge in [-0.25, -0.2) is 0 Å². The zero-order chi connectivity index (χ0) is 13.1. The number of methoxy groups -OCH3 is 1. The molecule has 0 spiro atoms. The van der Waals surface area contributed by atoms with E-state index in [0.717, 1.165) is 15.8 Å². The summed E-state index contributed by atoms with van der Waals surface area (Å²) < 4.78 is 5.91. The maximum atomic E-state index is 5.96. The van der Waals surface area contributed by atoms with Crippen molar-refractivity contribution < 1.29 is 4.74 Å². The molecule has 1 aromatic carbocycles. The van der Waals surface area contributed by atoms with Gasteiger partial charge in [-0.05, 0) is 31.2 Å². The Morgan fingerprint density at radius 3 is 2.67 bits per heavy atom. The van der Waals surface area contributed by atoms with Crippen LogP contribution in [-0.4, -0.2) is 7.11 Å². The van der Waals surface area contributed by atoms with E-state index in [4.69, 9.17) is 22.1 Å². The molecule has 0 amide bonds. The Bertz CT molecular complexity index is 542. The molecule has 18 heavy (non-hydrogen) atoms. The van der Waals surface area contributed by atoms with Crippen molar-refractivity contribution in [3.8, 4) is 5.75 Å². The van der Waals surface area contributed by atoms with Crippen LogP contribution in [0.2, 0.25) is 4.34 Å². The van der Waals surface area contributed by atoms with Crippen LogP contribution in [0.5, 0.6) is 5.75 Å². The third kappa shape index (κ3) is 2.89. The lowest BCUT2D eigenvalue weighted by Crippen LogP contribution is -2.07. The van der Waals surface area contributed by atoms with Gasteiger partial charge in [-0.2, -0.15) is 0 Å². The van der Waals surface area contributed by atoms with E-state index in [1.165, 1.54) is 4.88 Å². The van der Waals surface area contributed by atoms with Crippen LogP contribution in [0.25, 0.3) is 0 Å². The highest BCUT2D eigenvalue weighted by Gasteiger charge is 2.10. The molecule has 2 rings (SSSR count). The molecular formula is C13H15ClN2OS. The molecular weight excluding hydrogens is 268 g/mol. The minimum Gasteiger partial charge on any atom is -0.497 e. The zero-order valence-electron chi connectivity index (χ0n) is 10.2. The van der Waals surface area contributed by atoms with Gasteiger partial charge in [0.15, 0.2) is 0 Å². The van der Waals surface area contributed by atoms with Gasteiger partial charge in [0.2, 0.25) is 0 Å². The summed E-state index contributed by atoms with van der Waals surface area (Å²) in [7, 11) is 1.62. The van der Waals surface area contributed by atoms with Gasteiger partial charge in [0.25, 0.3) is 0 Å². The number of halogens is 1.